The van der Waals surface area contributed by atoms with Crippen LogP contribution in [0, 0.1) is 23.7 Å². The number of rotatable bonds is 6. The second-order valence-electron chi connectivity index (χ2n) is 20.4. The van der Waals surface area contributed by atoms with E-state index in [2.05, 4.69) is 91.9 Å². The van der Waals surface area contributed by atoms with Crippen molar-refractivity contribution in [1.82, 2.24) is 0 Å². The van der Waals surface area contributed by atoms with E-state index in [1.54, 1.807) is 0 Å². The molecular weight excluding hydrogens is 996 g/mol. The molecule has 0 unspecified atom stereocenters. The van der Waals surface area contributed by atoms with Crippen molar-refractivity contribution < 1.29 is 19.2 Å². The molecule has 0 saturated heterocycles. The Hall–Kier alpha value is -6.06. The van der Waals surface area contributed by atoms with Crippen LogP contribution in [0.2, 0.25) is 0 Å². The largest absolute Gasteiger partial charge is 0.268 e. The van der Waals surface area contributed by atoms with Gasteiger partial charge in [0.25, 0.3) is 23.6 Å². The number of hydrogen-bond donors (Lipinski definition) is 0. The summed E-state index contributed by atoms with van der Waals surface area (Å²) < 4.78 is 1.14. The fourth-order valence-electron chi connectivity index (χ4n) is 12.7. The first kappa shape index (κ1) is 45.1. The van der Waals surface area contributed by atoms with Gasteiger partial charge in [0.15, 0.2) is 0 Å². The Kier molecular flexibility index (Phi) is 12.0. The number of amides is 4. The molecule has 0 aromatic heterocycles. The summed E-state index contributed by atoms with van der Waals surface area (Å²) in [6.45, 7) is 0. The van der Waals surface area contributed by atoms with Crippen LogP contribution < -0.4 is 9.80 Å². The van der Waals surface area contributed by atoms with E-state index in [1.165, 1.54) is 83.4 Å². The lowest BCUT2D eigenvalue weighted by atomic mass is 9.90. The number of hydrogen-bond acceptors (Lipinski definition) is 4. The van der Waals surface area contributed by atoms with Gasteiger partial charge in [0.05, 0.1) is 33.6 Å². The number of nitrogens with zero attached hydrogens (tertiary/aromatic N) is 2. The molecule has 0 spiro atoms. The van der Waals surface area contributed by atoms with Gasteiger partial charge in [-0.3, -0.25) is 19.2 Å². The molecule has 0 bridgehead atoms. The van der Waals surface area contributed by atoms with Crippen molar-refractivity contribution in [3.63, 3.8) is 0 Å². The van der Waals surface area contributed by atoms with E-state index < -0.39 is 0 Å². The molecular formula is C62H52Br2N2O4. The zero-order chi connectivity index (χ0) is 47.6. The van der Waals surface area contributed by atoms with E-state index in [9.17, 15) is 19.2 Å². The number of carbonyl (C=O) groups is 4. The fourth-order valence-corrected chi connectivity index (χ4v) is 13.7. The summed E-state index contributed by atoms with van der Waals surface area (Å²) in [6.07, 6.45) is 18.7. The summed E-state index contributed by atoms with van der Waals surface area (Å²) in [4.78, 5) is 60.7. The molecule has 4 aliphatic carbocycles. The molecule has 4 fully saturated rings. The van der Waals surface area contributed by atoms with Gasteiger partial charge in [-0.2, -0.15) is 0 Å². The molecule has 0 atom stereocenters. The SMILES string of the molecule is O=C1c2c(Br)ccc(C#Cc3ccc(C#Cc4ccc(Br)c5c4C(=O)N(c4cc(C6CCCC6)cc(C6CCCC6)c4)C5=O)c4ccccc34)c2C(=O)N1c1cc(C2CCCC2)cc(C2CCCC2)c1. The second-order valence-corrected chi connectivity index (χ2v) is 22.1. The molecule has 70 heavy (non-hydrogen) atoms. The molecule has 0 N–H and O–H groups in total. The molecule has 2 aliphatic heterocycles. The number of benzene rings is 6. The summed E-state index contributed by atoms with van der Waals surface area (Å²) >= 11 is 7.24. The first-order chi connectivity index (χ1) is 34.2. The lowest BCUT2D eigenvalue weighted by molar-refractivity contribution is 0.0910. The van der Waals surface area contributed by atoms with Gasteiger partial charge >= 0.3 is 0 Å². The average molecular weight is 1050 g/mol. The third kappa shape index (κ3) is 7.96. The summed E-state index contributed by atoms with van der Waals surface area (Å²) in [7, 11) is 0. The van der Waals surface area contributed by atoms with Gasteiger partial charge in [-0.25, -0.2) is 9.80 Å². The van der Waals surface area contributed by atoms with Gasteiger partial charge in [0, 0.05) is 31.2 Å². The van der Waals surface area contributed by atoms with Crippen LogP contribution in [-0.2, 0) is 0 Å². The zero-order valence-electron chi connectivity index (χ0n) is 39.1. The summed E-state index contributed by atoms with van der Waals surface area (Å²) in [6, 6.07) is 32.1. The average Bonchev–Trinajstić information content (AvgIpc) is 4.25. The van der Waals surface area contributed by atoms with E-state index >= 15 is 0 Å². The molecule has 348 valence electrons. The third-order valence-corrected chi connectivity index (χ3v) is 17.6. The summed E-state index contributed by atoms with van der Waals surface area (Å²) in [5.41, 5.74) is 10.1. The van der Waals surface area contributed by atoms with Gasteiger partial charge < -0.3 is 0 Å². The maximum absolute atomic E-state index is 14.6. The monoisotopic (exact) mass is 1050 g/mol. The Balaban J connectivity index is 0.863. The van der Waals surface area contributed by atoms with Crippen molar-refractivity contribution in [3.05, 3.63) is 173 Å². The zero-order valence-corrected chi connectivity index (χ0v) is 42.3. The number of fused-ring (bicyclic) bond motifs is 3. The maximum Gasteiger partial charge on any atom is 0.267 e. The van der Waals surface area contributed by atoms with Crippen molar-refractivity contribution in [2.75, 3.05) is 9.80 Å². The molecule has 6 aromatic rings. The predicted octanol–water partition coefficient (Wildman–Crippen LogP) is 15.4. The molecule has 2 heterocycles. The van der Waals surface area contributed by atoms with Crippen LogP contribution in [0.1, 0.15) is 212 Å². The van der Waals surface area contributed by atoms with Gasteiger partial charge in [0.2, 0.25) is 0 Å². The molecule has 6 nitrogen and oxygen atoms in total. The molecule has 0 radical (unpaired) electrons. The Labute approximate surface area is 426 Å². The van der Waals surface area contributed by atoms with Gasteiger partial charge in [-0.15, -0.1) is 0 Å². The van der Waals surface area contributed by atoms with Crippen LogP contribution in [0.25, 0.3) is 10.8 Å². The Morgan fingerprint density at radius 3 is 0.971 bits per heavy atom. The smallest absolute Gasteiger partial charge is 0.267 e. The maximum atomic E-state index is 14.6. The summed E-state index contributed by atoms with van der Waals surface area (Å²) in [5.74, 6) is 13.8. The normalized spacial score (nSPS) is 18.5. The molecule has 4 amide bonds. The van der Waals surface area contributed by atoms with Crippen LogP contribution in [0.4, 0.5) is 11.4 Å². The minimum Gasteiger partial charge on any atom is -0.268 e. The minimum atomic E-state index is -0.351. The molecule has 6 aliphatic rings. The van der Waals surface area contributed by atoms with Gasteiger partial charge in [-0.05, 0) is 201 Å². The lowest BCUT2D eigenvalue weighted by Crippen LogP contribution is -2.30. The lowest BCUT2D eigenvalue weighted by Gasteiger charge is -2.21. The van der Waals surface area contributed by atoms with Crippen molar-refractivity contribution in [2.45, 2.75) is 126 Å². The van der Waals surface area contributed by atoms with E-state index in [-0.39, 0.29) is 23.6 Å². The quantitative estimate of drug-likeness (QED) is 0.123. The topological polar surface area (TPSA) is 74.8 Å². The van der Waals surface area contributed by atoms with Gasteiger partial charge in [0.1, 0.15) is 0 Å². The van der Waals surface area contributed by atoms with Crippen LogP contribution in [0.5, 0.6) is 0 Å². The number of halogens is 2. The molecule has 8 heteroatoms. The van der Waals surface area contributed by atoms with E-state index in [1.807, 2.05) is 60.7 Å². The number of imide groups is 2. The summed E-state index contributed by atoms with van der Waals surface area (Å²) in [5, 5.41) is 1.75. The van der Waals surface area contributed by atoms with Crippen LogP contribution >= 0.6 is 31.9 Å². The highest BCUT2D eigenvalue weighted by Crippen LogP contribution is 2.45. The highest BCUT2D eigenvalue weighted by molar-refractivity contribution is 9.10. The standard InChI is InChI=1S/C62H52Br2N2O4/c63-53-29-27-43(55-57(53)61(69)65(59(55)67)49-33-45(37-11-1-2-12-37)31-46(34-49)38-13-3-4-14-38)25-23-41-21-22-42(52-20-10-9-19-51(41)52)24-26-44-28-30-54(64)58-56(44)60(68)66(62(58)70)50-35-47(39-15-5-6-16-39)32-48(36-50)40-17-7-8-18-40/h9-10,19-22,27-40H,1-8,11-18H2. The van der Waals surface area contributed by atoms with Gasteiger partial charge in [-0.1, -0.05) is 111 Å². The fraction of sp³-hybridized carbons (Fsp3) is 0.323. The Morgan fingerprint density at radius 2 is 0.643 bits per heavy atom. The first-order valence-corrected chi connectivity index (χ1v) is 27.1. The van der Waals surface area contributed by atoms with Crippen molar-refractivity contribution in [3.8, 4) is 23.7 Å². The molecule has 12 rings (SSSR count). The highest BCUT2D eigenvalue weighted by atomic mass is 79.9. The van der Waals surface area contributed by atoms with Crippen LogP contribution in [0.15, 0.2) is 106 Å². The van der Waals surface area contributed by atoms with Crippen molar-refractivity contribution in [1.29, 1.82) is 0 Å². The van der Waals surface area contributed by atoms with E-state index in [0.717, 1.165) is 73.3 Å². The minimum absolute atomic E-state index is 0.316. The highest BCUT2D eigenvalue weighted by Gasteiger charge is 2.42. The number of anilines is 2. The van der Waals surface area contributed by atoms with E-state index in [4.69, 9.17) is 0 Å². The molecule has 4 saturated carbocycles. The van der Waals surface area contributed by atoms with Crippen molar-refractivity contribution >= 4 is 77.6 Å². The van der Waals surface area contributed by atoms with Crippen molar-refractivity contribution in [2.24, 2.45) is 0 Å². The Bertz CT molecular complexity index is 3050. The Morgan fingerprint density at radius 1 is 0.357 bits per heavy atom. The molecule has 6 aromatic carbocycles. The van der Waals surface area contributed by atoms with E-state index in [0.29, 0.717) is 77.4 Å². The number of carbonyl (C=O) groups excluding carboxylic acids is 4. The third-order valence-electron chi connectivity index (χ3n) is 16.3. The second kappa shape index (κ2) is 18.6. The first-order valence-electron chi connectivity index (χ1n) is 25.5. The van der Waals surface area contributed by atoms with Crippen LogP contribution in [0.3, 0.4) is 0 Å². The van der Waals surface area contributed by atoms with Crippen LogP contribution in [-0.4, -0.2) is 23.6 Å². The predicted molar refractivity (Wildman–Crippen MR) is 284 cm³/mol.